The van der Waals surface area contributed by atoms with Gasteiger partial charge in [0.1, 0.15) is 0 Å². The molecule has 0 aromatic heterocycles. The van der Waals surface area contributed by atoms with E-state index in [9.17, 15) is 4.79 Å². The second kappa shape index (κ2) is 5.77. The smallest absolute Gasteiger partial charge is 0.317 e. The van der Waals surface area contributed by atoms with Crippen molar-refractivity contribution in [2.45, 2.75) is 57.2 Å². The van der Waals surface area contributed by atoms with Crippen LogP contribution in [-0.4, -0.2) is 18.3 Å². The Morgan fingerprint density at radius 2 is 1.94 bits per heavy atom. The molecule has 4 nitrogen and oxygen atoms in total. The first-order valence-corrected chi connectivity index (χ1v) is 6.22. The lowest BCUT2D eigenvalue weighted by molar-refractivity contribution is 0.0985. The lowest BCUT2D eigenvalue weighted by Crippen LogP contribution is -2.47. The zero-order chi connectivity index (χ0) is 11.2. The second-order valence-electron chi connectivity index (χ2n) is 4.53. The van der Waals surface area contributed by atoms with Crippen LogP contribution in [0.1, 0.15) is 44.9 Å². The number of hydrogen-bond donors (Lipinski definition) is 2. The summed E-state index contributed by atoms with van der Waals surface area (Å²) in [5.74, 6) is 0. The lowest BCUT2D eigenvalue weighted by atomic mass is 9.96. The molecule has 2 rings (SSSR count). The van der Waals surface area contributed by atoms with Gasteiger partial charge in [0.15, 0.2) is 6.23 Å². The minimum Gasteiger partial charge on any atom is -0.479 e. The SMILES string of the molecule is O=C(NC1CCCCC1)NC1CCC=CO1. The average Bonchev–Trinajstić information content (AvgIpc) is 2.31. The van der Waals surface area contributed by atoms with Crippen molar-refractivity contribution in [2.24, 2.45) is 0 Å². The van der Waals surface area contributed by atoms with Crippen molar-refractivity contribution in [3.8, 4) is 0 Å². The van der Waals surface area contributed by atoms with Crippen molar-refractivity contribution in [2.75, 3.05) is 0 Å². The Bertz CT molecular complexity index is 260. The Kier molecular flexibility index (Phi) is 4.08. The summed E-state index contributed by atoms with van der Waals surface area (Å²) in [5.41, 5.74) is 0. The molecule has 1 atom stereocenters. The summed E-state index contributed by atoms with van der Waals surface area (Å²) in [5, 5.41) is 5.85. The number of allylic oxidation sites excluding steroid dienone is 1. The van der Waals surface area contributed by atoms with Crippen LogP contribution < -0.4 is 10.6 Å². The molecule has 0 aromatic rings. The summed E-state index contributed by atoms with van der Waals surface area (Å²) >= 11 is 0. The van der Waals surface area contributed by atoms with E-state index < -0.39 is 0 Å². The Hall–Kier alpha value is -1.19. The number of amides is 2. The molecule has 0 spiro atoms. The molecule has 1 fully saturated rings. The van der Waals surface area contributed by atoms with Crippen LogP contribution in [0.5, 0.6) is 0 Å². The van der Waals surface area contributed by atoms with Gasteiger partial charge in [-0.15, -0.1) is 0 Å². The zero-order valence-corrected chi connectivity index (χ0v) is 9.58. The van der Waals surface area contributed by atoms with Crippen LogP contribution in [0.25, 0.3) is 0 Å². The Labute approximate surface area is 96.4 Å². The van der Waals surface area contributed by atoms with E-state index in [1.54, 1.807) is 6.26 Å². The molecule has 1 heterocycles. The third-order valence-corrected chi connectivity index (χ3v) is 3.17. The minimum atomic E-state index is -0.159. The van der Waals surface area contributed by atoms with Gasteiger partial charge in [-0.25, -0.2) is 4.79 Å². The quantitative estimate of drug-likeness (QED) is 0.756. The lowest BCUT2D eigenvalue weighted by Gasteiger charge is -2.25. The molecule has 90 valence electrons. The molecular weight excluding hydrogens is 204 g/mol. The highest BCUT2D eigenvalue weighted by molar-refractivity contribution is 5.74. The van der Waals surface area contributed by atoms with Crippen molar-refractivity contribution in [1.29, 1.82) is 0 Å². The molecule has 16 heavy (non-hydrogen) atoms. The summed E-state index contributed by atoms with van der Waals surface area (Å²) in [6.07, 6.45) is 11.3. The number of nitrogens with one attached hydrogen (secondary N) is 2. The molecule has 2 amide bonds. The highest BCUT2D eigenvalue weighted by Gasteiger charge is 2.18. The number of ether oxygens (including phenoxy) is 1. The third kappa shape index (κ3) is 3.43. The molecule has 0 bridgehead atoms. The maximum atomic E-state index is 11.7. The number of hydrogen-bond acceptors (Lipinski definition) is 2. The summed E-state index contributed by atoms with van der Waals surface area (Å²) in [6, 6.07) is 0.264. The van der Waals surface area contributed by atoms with Crippen molar-refractivity contribution in [3.05, 3.63) is 12.3 Å². The molecule has 2 N–H and O–H groups in total. The monoisotopic (exact) mass is 224 g/mol. The first-order valence-electron chi connectivity index (χ1n) is 6.22. The van der Waals surface area contributed by atoms with E-state index in [1.165, 1.54) is 19.3 Å². The fourth-order valence-corrected chi connectivity index (χ4v) is 2.26. The molecule has 2 aliphatic rings. The van der Waals surface area contributed by atoms with Crippen molar-refractivity contribution < 1.29 is 9.53 Å². The fraction of sp³-hybridized carbons (Fsp3) is 0.750. The van der Waals surface area contributed by atoms with Gasteiger partial charge in [0.2, 0.25) is 0 Å². The largest absolute Gasteiger partial charge is 0.479 e. The van der Waals surface area contributed by atoms with Crippen molar-refractivity contribution >= 4 is 6.03 Å². The molecule has 0 aromatic carbocycles. The number of urea groups is 1. The highest BCUT2D eigenvalue weighted by atomic mass is 16.5. The van der Waals surface area contributed by atoms with E-state index in [-0.39, 0.29) is 12.3 Å². The van der Waals surface area contributed by atoms with Crippen LogP contribution in [0, 0.1) is 0 Å². The topological polar surface area (TPSA) is 50.4 Å². The first-order chi connectivity index (χ1) is 7.84. The molecule has 0 saturated heterocycles. The summed E-state index contributed by atoms with van der Waals surface area (Å²) < 4.78 is 5.29. The molecule has 1 saturated carbocycles. The van der Waals surface area contributed by atoms with Gasteiger partial charge in [0, 0.05) is 12.5 Å². The van der Waals surface area contributed by atoms with E-state index >= 15 is 0 Å². The maximum absolute atomic E-state index is 11.7. The Balaban J connectivity index is 1.68. The van der Waals surface area contributed by atoms with Gasteiger partial charge in [-0.05, 0) is 25.3 Å². The third-order valence-electron chi connectivity index (χ3n) is 3.17. The van der Waals surface area contributed by atoms with Crippen LogP contribution in [0.3, 0.4) is 0 Å². The summed E-state index contributed by atoms with van der Waals surface area (Å²) in [6.45, 7) is 0. The van der Waals surface area contributed by atoms with E-state index in [4.69, 9.17) is 4.74 Å². The van der Waals surface area contributed by atoms with E-state index in [0.29, 0.717) is 6.04 Å². The molecule has 1 aliphatic carbocycles. The fourth-order valence-electron chi connectivity index (χ4n) is 2.26. The zero-order valence-electron chi connectivity index (χ0n) is 9.58. The molecular formula is C12H20N2O2. The van der Waals surface area contributed by atoms with Crippen LogP contribution in [0.4, 0.5) is 4.79 Å². The first kappa shape index (κ1) is 11.3. The van der Waals surface area contributed by atoms with Gasteiger partial charge in [0.05, 0.1) is 6.26 Å². The van der Waals surface area contributed by atoms with E-state index in [0.717, 1.165) is 25.7 Å². The van der Waals surface area contributed by atoms with Gasteiger partial charge >= 0.3 is 6.03 Å². The van der Waals surface area contributed by atoms with Gasteiger partial charge in [0.25, 0.3) is 0 Å². The van der Waals surface area contributed by atoms with E-state index in [2.05, 4.69) is 10.6 Å². The summed E-state index contributed by atoms with van der Waals surface area (Å²) in [4.78, 5) is 11.7. The number of carbonyl (C=O) groups is 1. The Morgan fingerprint density at radius 1 is 1.12 bits per heavy atom. The predicted molar refractivity (Wildman–Crippen MR) is 61.8 cm³/mol. The Morgan fingerprint density at radius 3 is 2.62 bits per heavy atom. The molecule has 1 unspecified atom stereocenters. The van der Waals surface area contributed by atoms with Crippen LogP contribution in [-0.2, 0) is 4.74 Å². The maximum Gasteiger partial charge on any atom is 0.317 e. The molecule has 4 heteroatoms. The normalized spacial score (nSPS) is 25.9. The van der Waals surface area contributed by atoms with Crippen LogP contribution in [0.15, 0.2) is 12.3 Å². The van der Waals surface area contributed by atoms with Gasteiger partial charge < -0.3 is 15.4 Å². The van der Waals surface area contributed by atoms with Crippen LogP contribution in [0.2, 0.25) is 0 Å². The van der Waals surface area contributed by atoms with Crippen molar-refractivity contribution in [3.63, 3.8) is 0 Å². The highest BCUT2D eigenvalue weighted by Crippen LogP contribution is 2.17. The van der Waals surface area contributed by atoms with Gasteiger partial charge in [-0.2, -0.15) is 0 Å². The standard InChI is InChI=1S/C12H20N2O2/c15-12(13-10-6-2-1-3-7-10)14-11-8-4-5-9-16-11/h5,9-11H,1-4,6-8H2,(H2,13,14,15). The average molecular weight is 224 g/mol. The van der Waals surface area contributed by atoms with Gasteiger partial charge in [-0.1, -0.05) is 19.3 Å². The van der Waals surface area contributed by atoms with Gasteiger partial charge in [-0.3, -0.25) is 0 Å². The predicted octanol–water partition coefficient (Wildman–Crippen LogP) is 2.27. The van der Waals surface area contributed by atoms with Crippen LogP contribution >= 0.6 is 0 Å². The number of rotatable bonds is 2. The second-order valence-corrected chi connectivity index (χ2v) is 4.53. The summed E-state index contributed by atoms with van der Waals surface area (Å²) in [7, 11) is 0. The van der Waals surface area contributed by atoms with E-state index in [1.807, 2.05) is 6.08 Å². The molecule has 0 radical (unpaired) electrons. The number of carbonyl (C=O) groups excluding carboxylic acids is 1. The minimum absolute atomic E-state index is 0.0906. The molecule has 1 aliphatic heterocycles. The van der Waals surface area contributed by atoms with Crippen molar-refractivity contribution in [1.82, 2.24) is 10.6 Å².